The van der Waals surface area contributed by atoms with Crippen molar-refractivity contribution in [3.63, 3.8) is 0 Å². The summed E-state index contributed by atoms with van der Waals surface area (Å²) in [5, 5.41) is 8.65. The molecule has 0 saturated heterocycles. The normalized spacial score (nSPS) is 14.6. The fourth-order valence-electron chi connectivity index (χ4n) is 3.12. The quantitative estimate of drug-likeness (QED) is 0.806. The minimum absolute atomic E-state index is 0.0426. The summed E-state index contributed by atoms with van der Waals surface area (Å²) in [6.45, 7) is 3.56. The molecule has 0 spiro atoms. The number of rotatable bonds is 6. The maximum atomic E-state index is 14.2. The third-order valence-corrected chi connectivity index (χ3v) is 4.29. The van der Waals surface area contributed by atoms with Crippen LogP contribution in [0.2, 0.25) is 0 Å². The molecule has 0 radical (unpaired) electrons. The van der Waals surface area contributed by atoms with Gasteiger partial charge in [0, 0.05) is 30.0 Å². The zero-order chi connectivity index (χ0) is 19.8. The summed E-state index contributed by atoms with van der Waals surface area (Å²) in [7, 11) is 0. The number of benzene rings is 2. The van der Waals surface area contributed by atoms with E-state index in [1.54, 1.807) is 0 Å². The number of hydrogen-bond donors (Lipinski definition) is 1. The minimum Gasteiger partial charge on any atom is -0.487 e. The van der Waals surface area contributed by atoms with Gasteiger partial charge in [0.1, 0.15) is 29.6 Å². The Hall–Kier alpha value is -2.70. The number of fused-ring (bicyclic) bond motifs is 1. The number of carbonyl (C=O) groups is 1. The fourth-order valence-corrected chi connectivity index (χ4v) is 3.12. The second kappa shape index (κ2) is 7.13. The van der Waals surface area contributed by atoms with Gasteiger partial charge >= 0.3 is 5.97 Å². The molecule has 0 unspecified atom stereocenters. The first-order chi connectivity index (χ1) is 12.6. The van der Waals surface area contributed by atoms with Gasteiger partial charge in [-0.05, 0) is 44.0 Å². The molecule has 0 bridgehead atoms. The average Bonchev–Trinajstić information content (AvgIpc) is 2.87. The van der Waals surface area contributed by atoms with Crippen LogP contribution in [0.5, 0.6) is 11.5 Å². The van der Waals surface area contributed by atoms with Crippen molar-refractivity contribution in [3.05, 3.63) is 58.4 Å². The van der Waals surface area contributed by atoms with Gasteiger partial charge in [0.2, 0.25) is 0 Å². The van der Waals surface area contributed by atoms with E-state index in [-0.39, 0.29) is 30.8 Å². The van der Waals surface area contributed by atoms with Crippen molar-refractivity contribution in [1.29, 1.82) is 0 Å². The van der Waals surface area contributed by atoms with Gasteiger partial charge in [0.15, 0.2) is 11.6 Å². The molecule has 0 saturated carbocycles. The van der Waals surface area contributed by atoms with Crippen LogP contribution in [-0.2, 0) is 24.2 Å². The molecule has 2 aromatic carbocycles. The molecule has 1 aliphatic heterocycles. The molecule has 0 aromatic heterocycles. The molecule has 1 heterocycles. The standard InChI is InChI=1S/C20H19F3O4/c1-20(2)9-12-5-14(21)6-13(19(12)27-20)10-26-17-8-15(22)11(7-16(17)23)3-4-18(24)25/h5-8H,3-4,9-10H2,1-2H3,(H,24,25). The molecule has 144 valence electrons. The zero-order valence-corrected chi connectivity index (χ0v) is 14.9. The molecule has 0 atom stereocenters. The minimum atomic E-state index is -1.10. The van der Waals surface area contributed by atoms with Crippen molar-refractivity contribution in [2.24, 2.45) is 0 Å². The summed E-state index contributed by atoms with van der Waals surface area (Å²) in [5.41, 5.74) is 0.590. The lowest BCUT2D eigenvalue weighted by atomic mass is 10.0. The smallest absolute Gasteiger partial charge is 0.303 e. The lowest BCUT2D eigenvalue weighted by Crippen LogP contribution is -2.25. The number of aryl methyl sites for hydroxylation is 1. The second-order valence-corrected chi connectivity index (χ2v) is 7.15. The summed E-state index contributed by atoms with van der Waals surface area (Å²) in [4.78, 5) is 10.6. The molecule has 0 aliphatic carbocycles. The Bertz CT molecular complexity index is 893. The van der Waals surface area contributed by atoms with Crippen LogP contribution >= 0.6 is 0 Å². The van der Waals surface area contributed by atoms with Crippen molar-refractivity contribution in [2.75, 3.05) is 0 Å². The van der Waals surface area contributed by atoms with Crippen LogP contribution in [0.1, 0.15) is 37.0 Å². The maximum absolute atomic E-state index is 14.2. The first kappa shape index (κ1) is 19.1. The first-order valence-electron chi connectivity index (χ1n) is 8.47. The van der Waals surface area contributed by atoms with Gasteiger partial charge in [-0.15, -0.1) is 0 Å². The number of ether oxygens (including phenoxy) is 2. The SMILES string of the molecule is CC1(C)Cc2cc(F)cc(COc3cc(F)c(CCC(=O)O)cc3F)c2O1. The average molecular weight is 380 g/mol. The summed E-state index contributed by atoms with van der Waals surface area (Å²) in [5.74, 6) is -2.95. The highest BCUT2D eigenvalue weighted by molar-refractivity contribution is 5.67. The van der Waals surface area contributed by atoms with E-state index in [2.05, 4.69) is 0 Å². The molecule has 4 nitrogen and oxygen atoms in total. The van der Waals surface area contributed by atoms with E-state index in [1.165, 1.54) is 12.1 Å². The highest BCUT2D eigenvalue weighted by Crippen LogP contribution is 2.39. The molecular weight excluding hydrogens is 361 g/mol. The van der Waals surface area contributed by atoms with Gasteiger partial charge < -0.3 is 14.6 Å². The molecule has 27 heavy (non-hydrogen) atoms. The molecule has 2 aromatic rings. The van der Waals surface area contributed by atoms with E-state index in [9.17, 15) is 18.0 Å². The summed E-state index contributed by atoms with van der Waals surface area (Å²) < 4.78 is 53.3. The van der Waals surface area contributed by atoms with E-state index in [0.717, 1.165) is 12.1 Å². The first-order valence-corrected chi connectivity index (χ1v) is 8.47. The Balaban J connectivity index is 1.78. The predicted molar refractivity (Wildman–Crippen MR) is 91.5 cm³/mol. The van der Waals surface area contributed by atoms with Gasteiger partial charge in [0.25, 0.3) is 0 Å². The maximum Gasteiger partial charge on any atom is 0.303 e. The Morgan fingerprint density at radius 3 is 2.59 bits per heavy atom. The van der Waals surface area contributed by atoms with Crippen molar-refractivity contribution in [3.8, 4) is 11.5 Å². The second-order valence-electron chi connectivity index (χ2n) is 7.15. The van der Waals surface area contributed by atoms with E-state index in [4.69, 9.17) is 14.6 Å². The molecular formula is C20H19F3O4. The largest absolute Gasteiger partial charge is 0.487 e. The van der Waals surface area contributed by atoms with Crippen LogP contribution in [0.15, 0.2) is 24.3 Å². The van der Waals surface area contributed by atoms with E-state index >= 15 is 0 Å². The molecule has 1 N–H and O–H groups in total. The van der Waals surface area contributed by atoms with Crippen molar-refractivity contribution < 1.29 is 32.5 Å². The Morgan fingerprint density at radius 2 is 1.89 bits per heavy atom. The third-order valence-electron chi connectivity index (χ3n) is 4.29. The summed E-state index contributed by atoms with van der Waals surface area (Å²) in [6, 6.07) is 4.43. The summed E-state index contributed by atoms with van der Waals surface area (Å²) in [6.07, 6.45) is 0.103. The van der Waals surface area contributed by atoms with E-state index in [0.29, 0.717) is 23.3 Å². The molecule has 0 fully saturated rings. The Morgan fingerprint density at radius 1 is 1.15 bits per heavy atom. The van der Waals surface area contributed by atoms with Crippen LogP contribution in [0.3, 0.4) is 0 Å². The molecule has 3 rings (SSSR count). The van der Waals surface area contributed by atoms with Crippen LogP contribution in [0.4, 0.5) is 13.2 Å². The van der Waals surface area contributed by atoms with Crippen molar-refractivity contribution in [1.82, 2.24) is 0 Å². The number of carboxylic acids is 1. The fraction of sp³-hybridized carbons (Fsp3) is 0.350. The van der Waals surface area contributed by atoms with Crippen LogP contribution in [0, 0.1) is 17.5 Å². The third kappa shape index (κ3) is 4.35. The van der Waals surface area contributed by atoms with Crippen molar-refractivity contribution >= 4 is 5.97 Å². The molecule has 0 amide bonds. The van der Waals surface area contributed by atoms with Crippen LogP contribution in [0.25, 0.3) is 0 Å². The Kier molecular flexibility index (Phi) is 5.04. The van der Waals surface area contributed by atoms with Crippen molar-refractivity contribution in [2.45, 2.75) is 45.3 Å². The number of aliphatic carboxylic acids is 1. The number of carboxylic acid groups (broad SMARTS) is 1. The van der Waals surface area contributed by atoms with Crippen LogP contribution < -0.4 is 9.47 Å². The number of hydrogen-bond acceptors (Lipinski definition) is 3. The highest BCUT2D eigenvalue weighted by atomic mass is 19.1. The highest BCUT2D eigenvalue weighted by Gasteiger charge is 2.32. The number of halogens is 3. The van der Waals surface area contributed by atoms with Gasteiger partial charge in [0.05, 0.1) is 0 Å². The van der Waals surface area contributed by atoms with E-state index < -0.39 is 29.0 Å². The van der Waals surface area contributed by atoms with Gasteiger partial charge in [-0.25, -0.2) is 13.2 Å². The molecule has 1 aliphatic rings. The topological polar surface area (TPSA) is 55.8 Å². The van der Waals surface area contributed by atoms with Gasteiger partial charge in [-0.1, -0.05) is 0 Å². The van der Waals surface area contributed by atoms with E-state index in [1.807, 2.05) is 13.8 Å². The zero-order valence-electron chi connectivity index (χ0n) is 14.9. The molecule has 7 heteroatoms. The van der Waals surface area contributed by atoms with Crippen LogP contribution in [-0.4, -0.2) is 16.7 Å². The van der Waals surface area contributed by atoms with Gasteiger partial charge in [-0.3, -0.25) is 4.79 Å². The lowest BCUT2D eigenvalue weighted by molar-refractivity contribution is -0.136. The summed E-state index contributed by atoms with van der Waals surface area (Å²) >= 11 is 0. The van der Waals surface area contributed by atoms with Gasteiger partial charge in [-0.2, -0.15) is 0 Å². The lowest BCUT2D eigenvalue weighted by Gasteiger charge is -2.18. The monoisotopic (exact) mass is 380 g/mol. The predicted octanol–water partition coefficient (Wildman–Crippen LogP) is 4.41. The Labute approximate surface area is 154 Å².